The molecule has 0 saturated heterocycles. The molecule has 9 heavy (non-hydrogen) atoms. The van der Waals surface area contributed by atoms with Crippen LogP contribution in [0.3, 0.4) is 0 Å². The number of rotatable bonds is 4. The Kier molecular flexibility index (Phi) is 4.61. The van der Waals surface area contributed by atoms with E-state index in [1.54, 1.807) is 0 Å². The maximum Gasteiger partial charge on any atom is 0.103 e. The lowest BCUT2D eigenvalue weighted by Gasteiger charge is -2.12. The molecule has 0 bridgehead atoms. The summed E-state index contributed by atoms with van der Waals surface area (Å²) in [5.74, 6) is 0. The number of hydrogen-bond donors (Lipinski definition) is 4. The van der Waals surface area contributed by atoms with Crippen LogP contribution in [-0.2, 0) is 0 Å². The van der Waals surface area contributed by atoms with Crippen LogP contribution in [0.1, 0.15) is 6.42 Å². The van der Waals surface area contributed by atoms with Gasteiger partial charge in [-0.15, -0.1) is 0 Å². The predicted octanol–water partition coefficient (Wildman–Crippen LogP) is -1.92. The van der Waals surface area contributed by atoms with E-state index < -0.39 is 18.8 Å². The van der Waals surface area contributed by atoms with Crippen LogP contribution in [0.25, 0.3) is 0 Å². The summed E-state index contributed by atoms with van der Waals surface area (Å²) in [6.07, 6.45) is -2.04. The Bertz CT molecular complexity index is 66.0. The topological polar surface area (TPSA) is 80.9 Å². The molecular formula is C5H12O4. The van der Waals surface area contributed by atoms with E-state index in [2.05, 4.69) is 0 Å². The molecule has 0 spiro atoms. The van der Waals surface area contributed by atoms with Gasteiger partial charge in [-0.3, -0.25) is 0 Å². The third kappa shape index (κ3) is 3.42. The molecule has 1 unspecified atom stereocenters. The summed E-state index contributed by atoms with van der Waals surface area (Å²) in [6.45, 7) is -0.653. The summed E-state index contributed by atoms with van der Waals surface area (Å²) < 4.78 is 0. The maximum absolute atomic E-state index is 8.75. The van der Waals surface area contributed by atoms with E-state index in [0.29, 0.717) is 0 Å². The van der Waals surface area contributed by atoms with Gasteiger partial charge in [0.2, 0.25) is 0 Å². The van der Waals surface area contributed by atoms with Crippen LogP contribution < -0.4 is 0 Å². The van der Waals surface area contributed by atoms with E-state index in [9.17, 15) is 0 Å². The molecule has 0 amide bonds. The Balaban J connectivity index is 3.32. The Morgan fingerprint density at radius 3 is 1.89 bits per heavy atom. The zero-order valence-electron chi connectivity index (χ0n) is 5.06. The lowest BCUT2D eigenvalue weighted by atomic mass is 10.1. The van der Waals surface area contributed by atoms with Gasteiger partial charge >= 0.3 is 0 Å². The molecule has 0 aromatic carbocycles. The predicted molar refractivity (Wildman–Crippen MR) is 30.8 cm³/mol. The Morgan fingerprint density at radius 1 is 1.00 bits per heavy atom. The average molecular weight is 136 g/mol. The molecule has 0 saturated carbocycles. The quantitative estimate of drug-likeness (QED) is 0.363. The minimum Gasteiger partial charge on any atom is -0.396 e. The summed E-state index contributed by atoms with van der Waals surface area (Å²) in [5.41, 5.74) is 0. The van der Waals surface area contributed by atoms with Crippen molar-refractivity contribution >= 4 is 0 Å². The van der Waals surface area contributed by atoms with E-state index in [0.717, 1.165) is 0 Å². The normalized spacial score (nSPS) is 17.3. The summed E-state index contributed by atoms with van der Waals surface area (Å²) in [7, 11) is 0. The molecule has 0 heterocycles. The van der Waals surface area contributed by atoms with Crippen molar-refractivity contribution < 1.29 is 20.4 Å². The summed E-state index contributed by atoms with van der Waals surface area (Å²) >= 11 is 0. The van der Waals surface area contributed by atoms with E-state index >= 15 is 0 Å². The molecule has 0 aromatic rings. The molecule has 0 aliphatic heterocycles. The molecular weight excluding hydrogens is 124 g/mol. The fourth-order valence-corrected chi connectivity index (χ4v) is 0.446. The van der Waals surface area contributed by atoms with Crippen LogP contribution in [0.2, 0.25) is 0 Å². The second kappa shape index (κ2) is 4.69. The van der Waals surface area contributed by atoms with Gasteiger partial charge in [-0.25, -0.2) is 0 Å². The zero-order chi connectivity index (χ0) is 7.28. The van der Waals surface area contributed by atoms with Crippen molar-refractivity contribution in [2.24, 2.45) is 0 Å². The third-order valence-electron chi connectivity index (χ3n) is 1.06. The highest BCUT2D eigenvalue weighted by molar-refractivity contribution is 4.64. The lowest BCUT2D eigenvalue weighted by molar-refractivity contribution is -0.0238. The van der Waals surface area contributed by atoms with Gasteiger partial charge in [0.15, 0.2) is 0 Å². The van der Waals surface area contributed by atoms with E-state index in [1.165, 1.54) is 0 Å². The Morgan fingerprint density at radius 2 is 1.56 bits per heavy atom. The monoisotopic (exact) mass is 136 g/mol. The van der Waals surface area contributed by atoms with Gasteiger partial charge in [-0.1, -0.05) is 0 Å². The minimum absolute atomic E-state index is 0.0989. The van der Waals surface area contributed by atoms with Gasteiger partial charge in [-0.2, -0.15) is 0 Å². The minimum atomic E-state index is -1.13. The fraction of sp³-hybridized carbons (Fsp3) is 1.00. The first-order valence-corrected chi connectivity index (χ1v) is 2.80. The van der Waals surface area contributed by atoms with Crippen molar-refractivity contribution in [3.8, 4) is 0 Å². The van der Waals surface area contributed by atoms with Crippen LogP contribution in [-0.4, -0.2) is 45.8 Å². The van der Waals surface area contributed by atoms with Crippen molar-refractivity contribution in [1.29, 1.82) is 0 Å². The number of hydrogen-bond acceptors (Lipinski definition) is 4. The smallest absolute Gasteiger partial charge is 0.103 e. The van der Waals surface area contributed by atoms with Crippen molar-refractivity contribution in [3.63, 3.8) is 0 Å². The first-order valence-electron chi connectivity index (χ1n) is 2.80. The lowest BCUT2D eigenvalue weighted by Crippen LogP contribution is -2.29. The average Bonchev–Trinajstić information content (AvgIpc) is 1.87. The summed E-state index contributed by atoms with van der Waals surface area (Å²) in [5, 5.41) is 33.9. The van der Waals surface area contributed by atoms with Crippen molar-refractivity contribution in [2.45, 2.75) is 18.6 Å². The standard InChI is InChI=1S/C5H12O4/c6-2-1-4(8)5(9)3-7/h4-9H,1-3H2/t4-,5?/m0/s1. The van der Waals surface area contributed by atoms with Gasteiger partial charge < -0.3 is 20.4 Å². The van der Waals surface area contributed by atoms with Crippen LogP contribution in [0.5, 0.6) is 0 Å². The van der Waals surface area contributed by atoms with E-state index in [1.807, 2.05) is 0 Å². The molecule has 0 radical (unpaired) electrons. The Hall–Kier alpha value is -0.160. The second-order valence-electron chi connectivity index (χ2n) is 1.83. The Labute approximate surface area is 53.4 Å². The molecule has 0 rings (SSSR count). The van der Waals surface area contributed by atoms with Gasteiger partial charge in [0.05, 0.1) is 12.7 Å². The van der Waals surface area contributed by atoms with Crippen LogP contribution in [0.15, 0.2) is 0 Å². The summed E-state index contributed by atoms with van der Waals surface area (Å²) in [6, 6.07) is 0. The molecule has 2 atom stereocenters. The van der Waals surface area contributed by atoms with Gasteiger partial charge in [0, 0.05) is 6.61 Å². The van der Waals surface area contributed by atoms with Crippen LogP contribution in [0, 0.1) is 0 Å². The number of aliphatic hydroxyl groups is 4. The molecule has 0 aliphatic rings. The van der Waals surface area contributed by atoms with Gasteiger partial charge in [-0.05, 0) is 6.42 Å². The molecule has 4 N–H and O–H groups in total. The maximum atomic E-state index is 8.75. The van der Waals surface area contributed by atoms with Gasteiger partial charge in [0.1, 0.15) is 6.10 Å². The number of aliphatic hydroxyl groups excluding tert-OH is 4. The fourth-order valence-electron chi connectivity index (χ4n) is 0.446. The highest BCUT2D eigenvalue weighted by Gasteiger charge is 2.13. The highest BCUT2D eigenvalue weighted by Crippen LogP contribution is 1.95. The molecule has 4 heteroatoms. The van der Waals surface area contributed by atoms with E-state index in [-0.39, 0.29) is 13.0 Å². The van der Waals surface area contributed by atoms with E-state index in [4.69, 9.17) is 20.4 Å². The van der Waals surface area contributed by atoms with Crippen LogP contribution >= 0.6 is 0 Å². The highest BCUT2D eigenvalue weighted by atomic mass is 16.4. The van der Waals surface area contributed by atoms with Crippen molar-refractivity contribution in [1.82, 2.24) is 0 Å². The molecule has 0 aromatic heterocycles. The van der Waals surface area contributed by atoms with Gasteiger partial charge in [0.25, 0.3) is 0 Å². The van der Waals surface area contributed by atoms with Crippen LogP contribution in [0.4, 0.5) is 0 Å². The van der Waals surface area contributed by atoms with Crippen molar-refractivity contribution in [3.05, 3.63) is 0 Å². The third-order valence-corrected chi connectivity index (χ3v) is 1.06. The molecule has 56 valence electrons. The van der Waals surface area contributed by atoms with Crippen molar-refractivity contribution in [2.75, 3.05) is 13.2 Å². The molecule has 0 fully saturated rings. The largest absolute Gasteiger partial charge is 0.396 e. The molecule has 0 aliphatic carbocycles. The first-order chi connectivity index (χ1) is 4.22. The second-order valence-corrected chi connectivity index (χ2v) is 1.83. The SMILES string of the molecule is OCC[C@H](O)C(O)CO. The molecule has 4 nitrogen and oxygen atoms in total. The first kappa shape index (κ1) is 8.84. The summed E-state index contributed by atoms with van der Waals surface area (Å²) in [4.78, 5) is 0. The zero-order valence-corrected chi connectivity index (χ0v) is 5.06.